The normalized spacial score (nSPS) is 25.0. The predicted octanol–water partition coefficient (Wildman–Crippen LogP) is 3.37. The van der Waals surface area contributed by atoms with Crippen LogP contribution in [0.5, 0.6) is 11.5 Å². The van der Waals surface area contributed by atoms with Gasteiger partial charge in [-0.3, -0.25) is 4.79 Å². The summed E-state index contributed by atoms with van der Waals surface area (Å²) in [6.45, 7) is 5.57. The SMILES string of the molecule is CC(CC(=O)NC1(c2ccc3c(c2)OCCO3)CCCC1)C1CCCNC1. The van der Waals surface area contributed by atoms with Crippen molar-refractivity contribution >= 4 is 5.91 Å². The zero-order chi connectivity index (χ0) is 18.7. The molecule has 0 aromatic heterocycles. The van der Waals surface area contributed by atoms with Crippen LogP contribution in [0.4, 0.5) is 0 Å². The number of piperidine rings is 1. The monoisotopic (exact) mass is 372 g/mol. The third-order valence-electron chi connectivity index (χ3n) is 6.58. The van der Waals surface area contributed by atoms with Crippen molar-refractivity contribution in [3.63, 3.8) is 0 Å². The highest BCUT2D eigenvalue weighted by Gasteiger charge is 2.38. The minimum absolute atomic E-state index is 0.185. The Morgan fingerprint density at radius 3 is 2.74 bits per heavy atom. The Morgan fingerprint density at radius 1 is 1.22 bits per heavy atom. The van der Waals surface area contributed by atoms with Gasteiger partial charge in [-0.25, -0.2) is 0 Å². The summed E-state index contributed by atoms with van der Waals surface area (Å²) in [5.74, 6) is 2.82. The smallest absolute Gasteiger partial charge is 0.220 e. The number of ether oxygens (including phenoxy) is 2. The number of fused-ring (bicyclic) bond motifs is 1. The number of hydrogen-bond acceptors (Lipinski definition) is 4. The molecule has 2 heterocycles. The van der Waals surface area contributed by atoms with E-state index >= 15 is 0 Å². The van der Waals surface area contributed by atoms with Crippen LogP contribution >= 0.6 is 0 Å². The summed E-state index contributed by atoms with van der Waals surface area (Å²) in [6, 6.07) is 6.18. The van der Waals surface area contributed by atoms with Crippen molar-refractivity contribution < 1.29 is 14.3 Å². The van der Waals surface area contributed by atoms with Crippen LogP contribution in [0.2, 0.25) is 0 Å². The first kappa shape index (κ1) is 18.6. The molecule has 1 aromatic carbocycles. The average Bonchev–Trinajstić information content (AvgIpc) is 3.17. The van der Waals surface area contributed by atoms with E-state index in [0.29, 0.717) is 31.5 Å². The molecule has 4 rings (SSSR count). The third kappa shape index (κ3) is 4.08. The number of nitrogens with one attached hydrogen (secondary N) is 2. The van der Waals surface area contributed by atoms with Gasteiger partial charge in [-0.2, -0.15) is 0 Å². The van der Waals surface area contributed by atoms with Crippen LogP contribution in [0, 0.1) is 11.8 Å². The largest absolute Gasteiger partial charge is 0.486 e. The molecule has 1 saturated carbocycles. The molecule has 1 aromatic rings. The number of hydrogen-bond donors (Lipinski definition) is 2. The summed E-state index contributed by atoms with van der Waals surface area (Å²) in [6.07, 6.45) is 7.36. The number of carbonyl (C=O) groups is 1. The van der Waals surface area contributed by atoms with Gasteiger partial charge in [0.2, 0.25) is 5.91 Å². The Balaban J connectivity index is 1.46. The van der Waals surface area contributed by atoms with Crippen LogP contribution < -0.4 is 20.1 Å². The molecular weight excluding hydrogens is 340 g/mol. The lowest BCUT2D eigenvalue weighted by atomic mass is 9.84. The molecule has 1 saturated heterocycles. The Hall–Kier alpha value is -1.75. The molecule has 2 fully saturated rings. The van der Waals surface area contributed by atoms with Gasteiger partial charge < -0.3 is 20.1 Å². The first-order valence-corrected chi connectivity index (χ1v) is 10.6. The molecule has 5 nitrogen and oxygen atoms in total. The van der Waals surface area contributed by atoms with Crippen LogP contribution in [0.1, 0.15) is 57.4 Å². The summed E-state index contributed by atoms with van der Waals surface area (Å²) in [4.78, 5) is 12.9. The van der Waals surface area contributed by atoms with E-state index in [2.05, 4.69) is 29.7 Å². The maximum atomic E-state index is 12.9. The number of benzene rings is 1. The average molecular weight is 373 g/mol. The van der Waals surface area contributed by atoms with Gasteiger partial charge in [-0.1, -0.05) is 25.8 Å². The molecule has 0 spiro atoms. The highest BCUT2D eigenvalue weighted by atomic mass is 16.6. The lowest BCUT2D eigenvalue weighted by Gasteiger charge is -2.34. The van der Waals surface area contributed by atoms with E-state index < -0.39 is 0 Å². The van der Waals surface area contributed by atoms with Gasteiger partial charge in [0.25, 0.3) is 0 Å². The van der Waals surface area contributed by atoms with Crippen LogP contribution in [0.25, 0.3) is 0 Å². The lowest BCUT2D eigenvalue weighted by molar-refractivity contribution is -0.124. The fraction of sp³-hybridized carbons (Fsp3) is 0.682. The highest BCUT2D eigenvalue weighted by Crippen LogP contribution is 2.42. The predicted molar refractivity (Wildman–Crippen MR) is 105 cm³/mol. The minimum atomic E-state index is -0.253. The van der Waals surface area contributed by atoms with Gasteiger partial charge in [0, 0.05) is 6.42 Å². The van der Waals surface area contributed by atoms with E-state index in [1.54, 1.807) is 0 Å². The molecule has 2 N–H and O–H groups in total. The Labute approximate surface area is 162 Å². The van der Waals surface area contributed by atoms with E-state index in [-0.39, 0.29) is 11.4 Å². The fourth-order valence-electron chi connectivity index (χ4n) is 4.95. The maximum Gasteiger partial charge on any atom is 0.220 e. The van der Waals surface area contributed by atoms with Gasteiger partial charge in [-0.05, 0) is 68.3 Å². The number of carbonyl (C=O) groups excluding carboxylic acids is 1. The van der Waals surface area contributed by atoms with Crippen molar-refractivity contribution in [3.8, 4) is 11.5 Å². The third-order valence-corrected chi connectivity index (χ3v) is 6.58. The zero-order valence-electron chi connectivity index (χ0n) is 16.4. The zero-order valence-corrected chi connectivity index (χ0v) is 16.4. The molecule has 148 valence electrons. The van der Waals surface area contributed by atoms with Crippen molar-refractivity contribution in [2.24, 2.45) is 11.8 Å². The maximum absolute atomic E-state index is 12.9. The Morgan fingerprint density at radius 2 is 2.00 bits per heavy atom. The molecule has 0 radical (unpaired) electrons. The quantitative estimate of drug-likeness (QED) is 0.832. The van der Waals surface area contributed by atoms with Crippen molar-refractivity contribution in [2.75, 3.05) is 26.3 Å². The topological polar surface area (TPSA) is 59.6 Å². The summed E-state index contributed by atoms with van der Waals surface area (Å²) < 4.78 is 11.4. The highest BCUT2D eigenvalue weighted by molar-refractivity contribution is 5.77. The summed E-state index contributed by atoms with van der Waals surface area (Å²) in [5, 5.41) is 6.90. The van der Waals surface area contributed by atoms with Crippen LogP contribution in [-0.2, 0) is 10.3 Å². The van der Waals surface area contributed by atoms with E-state index in [0.717, 1.165) is 55.8 Å². The fourth-order valence-corrected chi connectivity index (χ4v) is 4.95. The summed E-state index contributed by atoms with van der Waals surface area (Å²) >= 11 is 0. The lowest BCUT2D eigenvalue weighted by Crippen LogP contribution is -2.45. The molecule has 2 unspecified atom stereocenters. The van der Waals surface area contributed by atoms with Gasteiger partial charge in [-0.15, -0.1) is 0 Å². The molecule has 27 heavy (non-hydrogen) atoms. The van der Waals surface area contributed by atoms with Crippen LogP contribution in [0.15, 0.2) is 18.2 Å². The second-order valence-corrected chi connectivity index (χ2v) is 8.48. The van der Waals surface area contributed by atoms with Crippen molar-refractivity contribution in [3.05, 3.63) is 23.8 Å². The molecule has 2 atom stereocenters. The molecule has 2 aliphatic heterocycles. The molecular formula is C22H32N2O3. The second kappa shape index (κ2) is 8.09. The van der Waals surface area contributed by atoms with Gasteiger partial charge >= 0.3 is 0 Å². The Kier molecular flexibility index (Phi) is 5.58. The van der Waals surface area contributed by atoms with Crippen molar-refractivity contribution in [1.82, 2.24) is 10.6 Å². The van der Waals surface area contributed by atoms with E-state index in [1.165, 1.54) is 12.8 Å². The molecule has 0 bridgehead atoms. The second-order valence-electron chi connectivity index (χ2n) is 8.48. The summed E-state index contributed by atoms with van der Waals surface area (Å²) in [7, 11) is 0. The summed E-state index contributed by atoms with van der Waals surface area (Å²) in [5.41, 5.74) is 0.904. The van der Waals surface area contributed by atoms with Crippen molar-refractivity contribution in [2.45, 2.75) is 57.4 Å². The van der Waals surface area contributed by atoms with Crippen molar-refractivity contribution in [1.29, 1.82) is 0 Å². The number of amides is 1. The molecule has 1 aliphatic carbocycles. The van der Waals surface area contributed by atoms with Crippen LogP contribution in [0.3, 0.4) is 0 Å². The molecule has 1 amide bonds. The van der Waals surface area contributed by atoms with E-state index in [1.807, 2.05) is 6.07 Å². The number of rotatable bonds is 5. The van der Waals surface area contributed by atoms with Crippen LogP contribution in [-0.4, -0.2) is 32.2 Å². The Bertz CT molecular complexity index is 664. The van der Waals surface area contributed by atoms with Gasteiger partial charge in [0.15, 0.2) is 11.5 Å². The molecule has 3 aliphatic rings. The molecule has 5 heteroatoms. The first-order chi connectivity index (χ1) is 13.2. The van der Waals surface area contributed by atoms with Gasteiger partial charge in [0.05, 0.1) is 5.54 Å². The minimum Gasteiger partial charge on any atom is -0.486 e. The standard InChI is InChI=1S/C22H32N2O3/c1-16(17-5-4-10-23-15-17)13-21(25)24-22(8-2-3-9-22)18-6-7-19-20(14-18)27-12-11-26-19/h6-7,14,16-17,23H,2-5,8-13,15H2,1H3,(H,24,25). The van der Waals surface area contributed by atoms with E-state index in [4.69, 9.17) is 9.47 Å². The first-order valence-electron chi connectivity index (χ1n) is 10.6. The van der Waals surface area contributed by atoms with E-state index in [9.17, 15) is 4.79 Å². The van der Waals surface area contributed by atoms with Gasteiger partial charge in [0.1, 0.15) is 13.2 Å².